The topological polar surface area (TPSA) is 74.5 Å². The number of hydrogen-bond donors (Lipinski definition) is 2. The van der Waals surface area contributed by atoms with E-state index in [0.717, 1.165) is 16.6 Å². The molecule has 0 fully saturated rings. The number of halogens is 1. The Kier molecular flexibility index (Phi) is 4.10. The molecule has 0 unspecified atom stereocenters. The Hall–Kier alpha value is -2.87. The summed E-state index contributed by atoms with van der Waals surface area (Å²) < 4.78 is 14.7. The van der Waals surface area contributed by atoms with Crippen LogP contribution in [0, 0.1) is 5.82 Å². The highest BCUT2D eigenvalue weighted by atomic mass is 32.2. The minimum absolute atomic E-state index is 0.230. The zero-order chi connectivity index (χ0) is 17.2. The molecular weight excluding hydrogens is 341 g/mol. The van der Waals surface area contributed by atoms with E-state index < -0.39 is 0 Å². The normalized spacial score (nSPS) is 14.3. The summed E-state index contributed by atoms with van der Waals surface area (Å²) in [6, 6.07) is 13.8. The fourth-order valence-electron chi connectivity index (χ4n) is 2.63. The number of imidazole rings is 1. The molecular formula is C17H14FN5OS. The number of amidine groups is 1. The summed E-state index contributed by atoms with van der Waals surface area (Å²) in [4.78, 5) is 15.0. The van der Waals surface area contributed by atoms with Gasteiger partial charge in [0, 0.05) is 6.54 Å². The SMILES string of the molecule is O=c1[nH]c2ccccc2n1C1=NN=C(NCc2cccc(F)c2)SC1. The zero-order valence-electron chi connectivity index (χ0n) is 13.1. The van der Waals surface area contributed by atoms with Crippen LogP contribution >= 0.6 is 11.8 Å². The van der Waals surface area contributed by atoms with Crippen LogP contribution in [0.25, 0.3) is 11.0 Å². The molecule has 1 aliphatic rings. The average Bonchev–Trinajstić information content (AvgIpc) is 2.96. The van der Waals surface area contributed by atoms with Crippen molar-refractivity contribution in [3.8, 4) is 0 Å². The van der Waals surface area contributed by atoms with E-state index in [2.05, 4.69) is 20.5 Å². The Bertz CT molecular complexity index is 1050. The van der Waals surface area contributed by atoms with Crippen LogP contribution < -0.4 is 11.0 Å². The van der Waals surface area contributed by atoms with Crippen LogP contribution in [-0.4, -0.2) is 26.3 Å². The number of rotatable bonds is 2. The highest BCUT2D eigenvalue weighted by Gasteiger charge is 2.16. The maximum absolute atomic E-state index is 13.2. The van der Waals surface area contributed by atoms with E-state index in [9.17, 15) is 9.18 Å². The fourth-order valence-corrected chi connectivity index (χ4v) is 3.35. The molecule has 0 atom stereocenters. The van der Waals surface area contributed by atoms with Crippen molar-refractivity contribution in [1.29, 1.82) is 0 Å². The van der Waals surface area contributed by atoms with E-state index in [1.54, 1.807) is 6.07 Å². The zero-order valence-corrected chi connectivity index (χ0v) is 13.9. The number of benzene rings is 2. The number of nitrogens with zero attached hydrogens (tertiary/aromatic N) is 3. The quantitative estimate of drug-likeness (QED) is 0.742. The third-order valence-corrected chi connectivity index (χ3v) is 4.68. The highest BCUT2D eigenvalue weighted by Crippen LogP contribution is 2.15. The van der Waals surface area contributed by atoms with Crippen LogP contribution in [0.4, 0.5) is 4.39 Å². The largest absolute Gasteiger partial charge is 0.359 e. The van der Waals surface area contributed by atoms with E-state index in [1.807, 2.05) is 30.3 Å². The first-order valence-corrected chi connectivity index (χ1v) is 8.65. The van der Waals surface area contributed by atoms with Gasteiger partial charge in [-0.1, -0.05) is 36.0 Å². The van der Waals surface area contributed by atoms with Crippen molar-refractivity contribution >= 4 is 33.8 Å². The molecule has 0 radical (unpaired) electrons. The number of nitrogens with one attached hydrogen (secondary N) is 2. The highest BCUT2D eigenvalue weighted by molar-refractivity contribution is 8.14. The molecule has 2 N–H and O–H groups in total. The summed E-state index contributed by atoms with van der Waals surface area (Å²) in [7, 11) is 0. The van der Waals surface area contributed by atoms with Gasteiger partial charge in [0.2, 0.25) is 0 Å². The molecule has 0 spiro atoms. The maximum Gasteiger partial charge on any atom is 0.332 e. The Morgan fingerprint density at radius 1 is 1.20 bits per heavy atom. The first kappa shape index (κ1) is 15.6. The summed E-state index contributed by atoms with van der Waals surface area (Å²) in [5.74, 6) is 0.816. The van der Waals surface area contributed by atoms with E-state index in [1.165, 1.54) is 28.5 Å². The molecule has 1 aliphatic heterocycles. The van der Waals surface area contributed by atoms with Gasteiger partial charge in [-0.3, -0.25) is 0 Å². The summed E-state index contributed by atoms with van der Waals surface area (Å²) in [5, 5.41) is 12.1. The Balaban J connectivity index is 1.54. The molecule has 25 heavy (non-hydrogen) atoms. The van der Waals surface area contributed by atoms with Gasteiger partial charge >= 0.3 is 5.69 Å². The number of thioether (sulfide) groups is 1. The minimum Gasteiger partial charge on any atom is -0.359 e. The summed E-state index contributed by atoms with van der Waals surface area (Å²) in [5.41, 5.74) is 2.13. The Morgan fingerprint density at radius 2 is 2.08 bits per heavy atom. The lowest BCUT2D eigenvalue weighted by atomic mass is 10.2. The molecule has 6 nitrogen and oxygen atoms in total. The van der Waals surface area contributed by atoms with E-state index >= 15 is 0 Å². The van der Waals surface area contributed by atoms with Crippen LogP contribution in [0.3, 0.4) is 0 Å². The lowest BCUT2D eigenvalue weighted by Crippen LogP contribution is -2.31. The van der Waals surface area contributed by atoms with Crippen LogP contribution in [0.5, 0.6) is 0 Å². The number of aromatic amines is 1. The average molecular weight is 355 g/mol. The molecule has 2 aromatic carbocycles. The number of aromatic nitrogens is 2. The predicted molar refractivity (Wildman–Crippen MR) is 98.5 cm³/mol. The van der Waals surface area contributed by atoms with Gasteiger partial charge in [-0.2, -0.15) is 0 Å². The first-order chi connectivity index (χ1) is 12.2. The van der Waals surface area contributed by atoms with E-state index in [4.69, 9.17) is 0 Å². The van der Waals surface area contributed by atoms with Gasteiger partial charge in [-0.05, 0) is 29.8 Å². The monoisotopic (exact) mass is 355 g/mol. The standard InChI is InChI=1S/C17H14FN5OS/c18-12-5-3-4-11(8-12)9-19-16-22-21-15(10-25-16)23-14-7-2-1-6-13(14)20-17(23)24/h1-8H,9-10H2,(H,19,22)(H,20,24). The molecule has 126 valence electrons. The Labute approximate surface area is 146 Å². The molecule has 0 saturated heterocycles. The van der Waals surface area contributed by atoms with Crippen molar-refractivity contribution in [2.75, 3.05) is 5.75 Å². The molecule has 0 aliphatic carbocycles. The molecule has 0 bridgehead atoms. The smallest absolute Gasteiger partial charge is 0.332 e. The molecule has 1 aromatic heterocycles. The third-order valence-electron chi connectivity index (χ3n) is 3.77. The first-order valence-electron chi connectivity index (χ1n) is 7.66. The number of fused-ring (bicyclic) bond motifs is 1. The van der Waals surface area contributed by atoms with Crippen molar-refractivity contribution in [3.05, 3.63) is 70.4 Å². The van der Waals surface area contributed by atoms with Crippen molar-refractivity contribution in [3.63, 3.8) is 0 Å². The maximum atomic E-state index is 13.2. The summed E-state index contributed by atoms with van der Waals surface area (Å²) in [6.07, 6.45) is 0. The van der Waals surface area contributed by atoms with Crippen LogP contribution in [0.2, 0.25) is 0 Å². The van der Waals surface area contributed by atoms with Crippen molar-refractivity contribution in [2.24, 2.45) is 10.2 Å². The molecule has 0 saturated carbocycles. The van der Waals surface area contributed by atoms with E-state index in [-0.39, 0.29) is 11.5 Å². The molecule has 8 heteroatoms. The summed E-state index contributed by atoms with van der Waals surface area (Å²) >= 11 is 1.45. The lowest BCUT2D eigenvalue weighted by molar-refractivity contribution is 0.625. The van der Waals surface area contributed by atoms with Crippen LogP contribution in [0.15, 0.2) is 63.5 Å². The van der Waals surface area contributed by atoms with Crippen molar-refractivity contribution < 1.29 is 4.39 Å². The van der Waals surface area contributed by atoms with Gasteiger partial charge in [-0.15, -0.1) is 10.2 Å². The van der Waals surface area contributed by atoms with Gasteiger partial charge in [-0.25, -0.2) is 13.8 Å². The van der Waals surface area contributed by atoms with Crippen LogP contribution in [-0.2, 0) is 6.54 Å². The van der Waals surface area contributed by atoms with Gasteiger partial charge < -0.3 is 10.3 Å². The second-order valence-corrected chi connectivity index (χ2v) is 6.44. The summed E-state index contributed by atoms with van der Waals surface area (Å²) in [6.45, 7) is 0.460. The van der Waals surface area contributed by atoms with Gasteiger partial charge in [0.25, 0.3) is 0 Å². The third kappa shape index (κ3) is 3.20. The van der Waals surface area contributed by atoms with Gasteiger partial charge in [0.05, 0.1) is 16.8 Å². The molecule has 2 heterocycles. The van der Waals surface area contributed by atoms with Crippen LogP contribution in [0.1, 0.15) is 5.56 Å². The fraction of sp³-hybridized carbons (Fsp3) is 0.118. The van der Waals surface area contributed by atoms with Gasteiger partial charge in [0.15, 0.2) is 11.0 Å². The lowest BCUT2D eigenvalue weighted by Gasteiger charge is -2.14. The van der Waals surface area contributed by atoms with Gasteiger partial charge in [0.1, 0.15) is 5.82 Å². The molecule has 4 rings (SSSR count). The number of hydrogen-bond acceptors (Lipinski definition) is 5. The van der Waals surface area contributed by atoms with E-state index in [0.29, 0.717) is 23.3 Å². The second-order valence-electron chi connectivity index (χ2n) is 5.48. The minimum atomic E-state index is -0.267. The number of H-pyrrole nitrogens is 1. The van der Waals surface area contributed by atoms with Crippen molar-refractivity contribution in [1.82, 2.24) is 14.9 Å². The number of para-hydroxylation sites is 2. The van der Waals surface area contributed by atoms with Crippen molar-refractivity contribution in [2.45, 2.75) is 6.54 Å². The second kappa shape index (κ2) is 6.56. The molecule has 3 aromatic rings. The predicted octanol–water partition coefficient (Wildman–Crippen LogP) is 2.52. The Morgan fingerprint density at radius 3 is 2.88 bits per heavy atom. The molecule has 0 amide bonds.